The zero-order valence-corrected chi connectivity index (χ0v) is 12.2. The number of H-pyrrole nitrogens is 1. The third-order valence-corrected chi connectivity index (χ3v) is 4.21. The molecule has 0 saturated carbocycles. The fraction of sp³-hybridized carbons (Fsp3) is 0.0588. The summed E-state index contributed by atoms with van der Waals surface area (Å²) in [6, 6.07) is 15.5. The number of nitrogens with zero attached hydrogens (tertiary/aromatic N) is 1. The van der Waals surface area contributed by atoms with Gasteiger partial charge in [-0.1, -0.05) is 12.1 Å². The molecule has 1 N–H and O–H groups in total. The maximum absolute atomic E-state index is 11.5. The number of carbonyl (C=O) groups is 1. The number of nitrogens with one attached hydrogen (secondary N) is 1. The lowest BCUT2D eigenvalue weighted by molar-refractivity contribution is 0.112. The fourth-order valence-corrected chi connectivity index (χ4v) is 2.80. The molecule has 0 aliphatic rings. The van der Waals surface area contributed by atoms with Crippen molar-refractivity contribution in [3.63, 3.8) is 0 Å². The van der Waals surface area contributed by atoms with Gasteiger partial charge < -0.3 is 4.98 Å². The molecule has 0 aliphatic heterocycles. The Balaban J connectivity index is 2.22. The molecule has 3 aromatic rings. The fourth-order valence-electron chi connectivity index (χ4n) is 2.39. The van der Waals surface area contributed by atoms with E-state index in [-0.39, 0.29) is 0 Å². The normalized spacial score (nSPS) is 10.5. The minimum absolute atomic E-state index is 0.550. The molecule has 1 aromatic heterocycles. The van der Waals surface area contributed by atoms with Crippen LogP contribution in [0.2, 0.25) is 0 Å². The molecule has 4 heteroatoms. The first-order valence-corrected chi connectivity index (χ1v) is 7.64. The summed E-state index contributed by atoms with van der Waals surface area (Å²) in [6.07, 6.45) is 2.87. The monoisotopic (exact) mass is 292 g/mol. The van der Waals surface area contributed by atoms with E-state index in [0.29, 0.717) is 11.1 Å². The smallest absolute Gasteiger partial charge is 0.152 e. The highest BCUT2D eigenvalue weighted by molar-refractivity contribution is 7.98. The van der Waals surface area contributed by atoms with Crippen LogP contribution in [0, 0.1) is 11.3 Å². The first kappa shape index (κ1) is 13.5. The second kappa shape index (κ2) is 5.47. The number of hydrogen-bond donors (Lipinski definition) is 1. The molecule has 0 unspecified atom stereocenters. The largest absolute Gasteiger partial charge is 0.354 e. The molecule has 0 bridgehead atoms. The summed E-state index contributed by atoms with van der Waals surface area (Å²) in [6.45, 7) is 0. The van der Waals surface area contributed by atoms with Gasteiger partial charge in [-0.2, -0.15) is 5.26 Å². The quantitative estimate of drug-likeness (QED) is 0.580. The minimum Gasteiger partial charge on any atom is -0.354 e. The summed E-state index contributed by atoms with van der Waals surface area (Å²) in [5.74, 6) is 0. The third kappa shape index (κ3) is 2.32. The lowest BCUT2D eigenvalue weighted by Crippen LogP contribution is -1.84. The van der Waals surface area contributed by atoms with Gasteiger partial charge in [-0.15, -0.1) is 11.8 Å². The second-order valence-corrected chi connectivity index (χ2v) is 5.51. The number of benzene rings is 2. The third-order valence-electron chi connectivity index (χ3n) is 3.46. The van der Waals surface area contributed by atoms with Gasteiger partial charge in [-0.25, -0.2) is 0 Å². The molecular weight excluding hydrogens is 280 g/mol. The van der Waals surface area contributed by atoms with Gasteiger partial charge in [0.1, 0.15) is 0 Å². The molecule has 2 aromatic carbocycles. The van der Waals surface area contributed by atoms with Crippen molar-refractivity contribution < 1.29 is 4.79 Å². The van der Waals surface area contributed by atoms with Gasteiger partial charge >= 0.3 is 0 Å². The van der Waals surface area contributed by atoms with Crippen molar-refractivity contribution in [2.45, 2.75) is 4.90 Å². The zero-order chi connectivity index (χ0) is 14.8. The number of rotatable bonds is 3. The summed E-state index contributed by atoms with van der Waals surface area (Å²) in [5, 5.41) is 9.78. The van der Waals surface area contributed by atoms with Gasteiger partial charge in [0.15, 0.2) is 6.29 Å². The van der Waals surface area contributed by atoms with E-state index in [2.05, 4.69) is 11.1 Å². The Morgan fingerprint density at radius 3 is 2.57 bits per heavy atom. The molecule has 0 aliphatic carbocycles. The van der Waals surface area contributed by atoms with Crippen LogP contribution < -0.4 is 0 Å². The number of hydrogen-bond acceptors (Lipinski definition) is 3. The molecule has 1 heterocycles. The number of thioether (sulfide) groups is 1. The molecule has 3 nitrogen and oxygen atoms in total. The Kier molecular flexibility index (Phi) is 3.51. The van der Waals surface area contributed by atoms with Crippen LogP contribution in [-0.4, -0.2) is 17.5 Å². The zero-order valence-electron chi connectivity index (χ0n) is 11.4. The van der Waals surface area contributed by atoms with E-state index in [0.717, 1.165) is 28.4 Å². The van der Waals surface area contributed by atoms with Crippen molar-refractivity contribution in [1.82, 2.24) is 4.98 Å². The average molecular weight is 292 g/mol. The summed E-state index contributed by atoms with van der Waals surface area (Å²) >= 11 is 1.68. The summed E-state index contributed by atoms with van der Waals surface area (Å²) in [7, 11) is 0. The van der Waals surface area contributed by atoms with Gasteiger partial charge in [0.05, 0.1) is 17.3 Å². The minimum atomic E-state index is 0.550. The number of aldehydes is 1. The van der Waals surface area contributed by atoms with Crippen molar-refractivity contribution >= 4 is 29.0 Å². The van der Waals surface area contributed by atoms with Crippen LogP contribution in [-0.2, 0) is 0 Å². The standard InChI is InChI=1S/C17H12N2OS/c1-21-13-5-3-12(4-6-13)17-15(10-20)14-8-11(9-18)2-7-16(14)19-17/h2-8,10,19H,1H3. The number of aromatic amines is 1. The van der Waals surface area contributed by atoms with Crippen molar-refractivity contribution in [3.05, 3.63) is 53.6 Å². The molecule has 0 spiro atoms. The number of nitriles is 1. The maximum Gasteiger partial charge on any atom is 0.152 e. The van der Waals surface area contributed by atoms with Crippen LogP contribution in [0.3, 0.4) is 0 Å². The Morgan fingerprint density at radius 1 is 1.19 bits per heavy atom. The second-order valence-electron chi connectivity index (χ2n) is 4.63. The summed E-state index contributed by atoms with van der Waals surface area (Å²) in [5.41, 5.74) is 3.76. The summed E-state index contributed by atoms with van der Waals surface area (Å²) < 4.78 is 0. The van der Waals surface area contributed by atoms with Crippen LogP contribution in [0.15, 0.2) is 47.4 Å². The predicted molar refractivity (Wildman–Crippen MR) is 85.6 cm³/mol. The number of fused-ring (bicyclic) bond motifs is 1. The van der Waals surface area contributed by atoms with E-state index in [1.165, 1.54) is 4.90 Å². The van der Waals surface area contributed by atoms with Crippen LogP contribution in [0.4, 0.5) is 0 Å². The molecular formula is C17H12N2OS. The van der Waals surface area contributed by atoms with Gasteiger partial charge in [0.2, 0.25) is 0 Å². The maximum atomic E-state index is 11.5. The highest BCUT2D eigenvalue weighted by Crippen LogP contribution is 2.30. The SMILES string of the molecule is CSc1ccc(-c2[nH]c3ccc(C#N)cc3c2C=O)cc1. The molecule has 0 amide bonds. The molecule has 3 rings (SSSR count). The Morgan fingerprint density at radius 2 is 1.95 bits per heavy atom. The highest BCUT2D eigenvalue weighted by Gasteiger charge is 2.13. The van der Waals surface area contributed by atoms with Crippen molar-refractivity contribution in [2.24, 2.45) is 0 Å². The first-order valence-electron chi connectivity index (χ1n) is 6.42. The van der Waals surface area contributed by atoms with Crippen LogP contribution >= 0.6 is 11.8 Å². The lowest BCUT2D eigenvalue weighted by Gasteiger charge is -2.01. The Bertz CT molecular complexity index is 857. The van der Waals surface area contributed by atoms with Crippen molar-refractivity contribution in [1.29, 1.82) is 5.26 Å². The Labute approximate surface area is 126 Å². The van der Waals surface area contributed by atoms with E-state index in [9.17, 15) is 4.79 Å². The van der Waals surface area contributed by atoms with Crippen molar-refractivity contribution in [3.8, 4) is 17.3 Å². The van der Waals surface area contributed by atoms with E-state index >= 15 is 0 Å². The number of aromatic nitrogens is 1. The first-order chi connectivity index (χ1) is 10.3. The van der Waals surface area contributed by atoms with Crippen LogP contribution in [0.1, 0.15) is 15.9 Å². The molecule has 0 atom stereocenters. The van der Waals surface area contributed by atoms with Gasteiger partial charge in [-0.05, 0) is 42.2 Å². The van der Waals surface area contributed by atoms with E-state index in [4.69, 9.17) is 5.26 Å². The van der Waals surface area contributed by atoms with E-state index in [1.807, 2.05) is 36.6 Å². The van der Waals surface area contributed by atoms with Crippen LogP contribution in [0.25, 0.3) is 22.2 Å². The van der Waals surface area contributed by atoms with Gasteiger partial charge in [-0.3, -0.25) is 4.79 Å². The summed E-state index contributed by atoms with van der Waals surface area (Å²) in [4.78, 5) is 15.9. The van der Waals surface area contributed by atoms with Gasteiger partial charge in [0.25, 0.3) is 0 Å². The van der Waals surface area contributed by atoms with Crippen LogP contribution in [0.5, 0.6) is 0 Å². The van der Waals surface area contributed by atoms with Gasteiger partial charge in [0, 0.05) is 21.4 Å². The average Bonchev–Trinajstić information content (AvgIpc) is 2.92. The van der Waals surface area contributed by atoms with E-state index in [1.54, 1.807) is 23.9 Å². The van der Waals surface area contributed by atoms with Crippen molar-refractivity contribution in [2.75, 3.05) is 6.26 Å². The Hall–Kier alpha value is -2.51. The molecule has 102 valence electrons. The highest BCUT2D eigenvalue weighted by atomic mass is 32.2. The number of carbonyl (C=O) groups excluding carboxylic acids is 1. The molecule has 0 saturated heterocycles. The lowest BCUT2D eigenvalue weighted by atomic mass is 10.1. The molecule has 21 heavy (non-hydrogen) atoms. The topological polar surface area (TPSA) is 56.6 Å². The molecule has 0 radical (unpaired) electrons. The predicted octanol–water partition coefficient (Wildman–Crippen LogP) is 4.24. The molecule has 0 fully saturated rings. The van der Waals surface area contributed by atoms with E-state index < -0.39 is 0 Å².